The minimum atomic E-state index is -0.935. The molecule has 0 radical (unpaired) electrons. The van der Waals surface area contributed by atoms with Gasteiger partial charge in [0.25, 0.3) is 0 Å². The number of amidine groups is 1. The van der Waals surface area contributed by atoms with Gasteiger partial charge in [-0.05, 0) is 32.1 Å². The van der Waals surface area contributed by atoms with E-state index in [-0.39, 0.29) is 23.9 Å². The third-order valence-electron chi connectivity index (χ3n) is 4.31. The molecule has 1 aliphatic carbocycles. The molecule has 19 heavy (non-hydrogen) atoms. The van der Waals surface area contributed by atoms with Gasteiger partial charge in [-0.25, -0.2) is 0 Å². The van der Waals surface area contributed by atoms with Crippen molar-refractivity contribution in [3.8, 4) is 0 Å². The molecule has 0 aliphatic heterocycles. The van der Waals surface area contributed by atoms with Gasteiger partial charge in [-0.1, -0.05) is 19.0 Å². The summed E-state index contributed by atoms with van der Waals surface area (Å²) in [6.07, 6.45) is 3.95. The second-order valence-electron chi connectivity index (χ2n) is 5.06. The Balaban J connectivity index is 2.84. The van der Waals surface area contributed by atoms with Crippen LogP contribution in [0.2, 0.25) is 0 Å². The Kier molecular flexibility index (Phi) is 5.60. The van der Waals surface area contributed by atoms with E-state index >= 15 is 0 Å². The number of carbonyl (C=O) groups is 1. The van der Waals surface area contributed by atoms with E-state index in [0.717, 1.165) is 19.3 Å². The molecule has 6 nitrogen and oxygen atoms in total. The average molecular weight is 271 g/mol. The molecule has 1 rings (SSSR count). The number of methoxy groups -OCH3 is 1. The van der Waals surface area contributed by atoms with Gasteiger partial charge in [-0.3, -0.25) is 4.79 Å². The summed E-state index contributed by atoms with van der Waals surface area (Å²) < 4.78 is 5.37. The van der Waals surface area contributed by atoms with E-state index in [0.29, 0.717) is 12.8 Å². The van der Waals surface area contributed by atoms with Crippen molar-refractivity contribution in [2.75, 3.05) is 7.11 Å². The SMILES string of the molecule is CCC(CC)(C(=O)NC1CCCC1OC)C(N)=NO. The molecule has 4 N–H and O–H groups in total. The number of hydrogen-bond donors (Lipinski definition) is 3. The number of amides is 1. The summed E-state index contributed by atoms with van der Waals surface area (Å²) in [6.45, 7) is 3.73. The van der Waals surface area contributed by atoms with Crippen LogP contribution in [0.1, 0.15) is 46.0 Å². The van der Waals surface area contributed by atoms with E-state index in [9.17, 15) is 4.79 Å². The number of nitrogens with one attached hydrogen (secondary N) is 1. The van der Waals surface area contributed by atoms with Crippen LogP contribution in [0.5, 0.6) is 0 Å². The second-order valence-corrected chi connectivity index (χ2v) is 5.06. The number of nitrogens with two attached hydrogens (primary N) is 1. The van der Waals surface area contributed by atoms with Gasteiger partial charge in [-0.2, -0.15) is 0 Å². The lowest BCUT2D eigenvalue weighted by Crippen LogP contribution is -2.53. The normalized spacial score (nSPS) is 24.5. The van der Waals surface area contributed by atoms with Crippen LogP contribution in [0, 0.1) is 5.41 Å². The Morgan fingerprint density at radius 1 is 1.47 bits per heavy atom. The topological polar surface area (TPSA) is 96.9 Å². The lowest BCUT2D eigenvalue weighted by atomic mass is 9.80. The van der Waals surface area contributed by atoms with Gasteiger partial charge in [0.05, 0.1) is 12.1 Å². The van der Waals surface area contributed by atoms with Crippen molar-refractivity contribution < 1.29 is 14.7 Å². The fourth-order valence-corrected chi connectivity index (χ4v) is 2.83. The monoisotopic (exact) mass is 271 g/mol. The predicted octanol–water partition coefficient (Wildman–Crippen LogP) is 1.22. The number of hydrogen-bond acceptors (Lipinski definition) is 4. The van der Waals surface area contributed by atoms with Gasteiger partial charge in [-0.15, -0.1) is 0 Å². The van der Waals surface area contributed by atoms with Gasteiger partial charge < -0.3 is 21.0 Å². The quantitative estimate of drug-likeness (QED) is 0.293. The maximum atomic E-state index is 12.5. The Morgan fingerprint density at radius 2 is 2.11 bits per heavy atom. The smallest absolute Gasteiger partial charge is 0.234 e. The zero-order chi connectivity index (χ0) is 14.5. The summed E-state index contributed by atoms with van der Waals surface area (Å²) in [4.78, 5) is 12.5. The van der Waals surface area contributed by atoms with E-state index in [1.165, 1.54) is 0 Å². The first-order valence-corrected chi connectivity index (χ1v) is 6.87. The molecule has 1 saturated carbocycles. The van der Waals surface area contributed by atoms with E-state index in [2.05, 4.69) is 10.5 Å². The van der Waals surface area contributed by atoms with E-state index in [1.54, 1.807) is 7.11 Å². The molecule has 0 aromatic rings. The molecule has 110 valence electrons. The van der Waals surface area contributed by atoms with Crippen LogP contribution in [0.25, 0.3) is 0 Å². The maximum Gasteiger partial charge on any atom is 0.234 e. The minimum absolute atomic E-state index is 0.0152. The highest BCUT2D eigenvalue weighted by molar-refractivity contribution is 6.06. The molecule has 1 amide bonds. The molecule has 0 aromatic carbocycles. The number of carbonyl (C=O) groups excluding carboxylic acids is 1. The first-order chi connectivity index (χ1) is 9.05. The van der Waals surface area contributed by atoms with Crippen LogP contribution in [-0.4, -0.2) is 36.2 Å². The molecule has 0 spiro atoms. The van der Waals surface area contributed by atoms with Gasteiger partial charge in [0.1, 0.15) is 5.41 Å². The third kappa shape index (κ3) is 3.00. The van der Waals surface area contributed by atoms with E-state index in [4.69, 9.17) is 15.7 Å². The molecule has 0 heterocycles. The van der Waals surface area contributed by atoms with Crippen molar-refractivity contribution in [2.24, 2.45) is 16.3 Å². The molecular weight excluding hydrogens is 246 g/mol. The number of nitrogens with zero attached hydrogens (tertiary/aromatic N) is 1. The standard InChI is InChI=1S/C13H25N3O3/c1-4-13(5-2,11(14)16-18)12(17)15-9-7-6-8-10(9)19-3/h9-10,18H,4-8H2,1-3H3,(H2,14,16)(H,15,17). The summed E-state index contributed by atoms with van der Waals surface area (Å²) in [7, 11) is 1.66. The average Bonchev–Trinajstić information content (AvgIpc) is 2.87. The number of ether oxygens (including phenoxy) is 1. The first kappa shape index (κ1) is 15.8. The van der Waals surface area contributed by atoms with Crippen molar-refractivity contribution in [1.29, 1.82) is 0 Å². The Bertz CT molecular complexity index is 340. The van der Waals surface area contributed by atoms with Crippen molar-refractivity contribution in [1.82, 2.24) is 5.32 Å². The van der Waals surface area contributed by atoms with E-state index < -0.39 is 5.41 Å². The summed E-state index contributed by atoms with van der Waals surface area (Å²) in [5, 5.41) is 14.9. The summed E-state index contributed by atoms with van der Waals surface area (Å²) >= 11 is 0. The van der Waals surface area contributed by atoms with Crippen molar-refractivity contribution in [2.45, 2.75) is 58.1 Å². The molecule has 0 aromatic heterocycles. The molecule has 0 saturated heterocycles. The maximum absolute atomic E-state index is 12.5. The third-order valence-corrected chi connectivity index (χ3v) is 4.31. The van der Waals surface area contributed by atoms with Gasteiger partial charge >= 0.3 is 0 Å². The fraction of sp³-hybridized carbons (Fsp3) is 0.846. The molecular formula is C13H25N3O3. The molecule has 0 bridgehead atoms. The number of rotatable bonds is 6. The summed E-state index contributed by atoms with van der Waals surface area (Å²) in [5.74, 6) is -0.205. The highest BCUT2D eigenvalue weighted by atomic mass is 16.5. The Hall–Kier alpha value is -1.30. The zero-order valence-corrected chi connectivity index (χ0v) is 12.0. The van der Waals surface area contributed by atoms with Crippen LogP contribution in [0.15, 0.2) is 5.16 Å². The van der Waals surface area contributed by atoms with Crippen LogP contribution in [-0.2, 0) is 9.53 Å². The highest BCUT2D eigenvalue weighted by Gasteiger charge is 2.42. The number of oxime groups is 1. The minimum Gasteiger partial charge on any atom is -0.409 e. The summed E-state index contributed by atoms with van der Waals surface area (Å²) in [5.41, 5.74) is 4.79. The molecule has 1 fully saturated rings. The molecule has 2 atom stereocenters. The largest absolute Gasteiger partial charge is 0.409 e. The molecule has 1 aliphatic rings. The van der Waals surface area contributed by atoms with Crippen molar-refractivity contribution in [3.63, 3.8) is 0 Å². The lowest BCUT2D eigenvalue weighted by molar-refractivity contribution is -0.129. The van der Waals surface area contributed by atoms with Crippen LogP contribution in [0.3, 0.4) is 0 Å². The van der Waals surface area contributed by atoms with Gasteiger partial charge in [0.15, 0.2) is 5.84 Å². The van der Waals surface area contributed by atoms with Crippen LogP contribution in [0.4, 0.5) is 0 Å². The first-order valence-electron chi connectivity index (χ1n) is 6.87. The molecule has 6 heteroatoms. The van der Waals surface area contributed by atoms with Crippen LogP contribution >= 0.6 is 0 Å². The lowest BCUT2D eigenvalue weighted by Gasteiger charge is -2.31. The van der Waals surface area contributed by atoms with Gasteiger partial charge in [0.2, 0.25) is 5.91 Å². The van der Waals surface area contributed by atoms with Crippen molar-refractivity contribution in [3.05, 3.63) is 0 Å². The molecule has 2 unspecified atom stereocenters. The van der Waals surface area contributed by atoms with Crippen molar-refractivity contribution >= 4 is 11.7 Å². The van der Waals surface area contributed by atoms with Crippen LogP contribution < -0.4 is 11.1 Å². The fourth-order valence-electron chi connectivity index (χ4n) is 2.83. The predicted molar refractivity (Wildman–Crippen MR) is 73.0 cm³/mol. The zero-order valence-electron chi connectivity index (χ0n) is 12.0. The Labute approximate surface area is 114 Å². The Morgan fingerprint density at radius 3 is 2.58 bits per heavy atom. The second kappa shape index (κ2) is 6.75. The summed E-state index contributed by atoms with van der Waals surface area (Å²) in [6, 6.07) is 0.0152. The van der Waals surface area contributed by atoms with Gasteiger partial charge in [0, 0.05) is 7.11 Å². The highest BCUT2D eigenvalue weighted by Crippen LogP contribution is 2.29. The van der Waals surface area contributed by atoms with E-state index in [1.807, 2.05) is 13.8 Å².